The molecule has 0 saturated carbocycles. The van der Waals surface area contributed by atoms with Gasteiger partial charge in [0.05, 0.1) is 6.61 Å². The van der Waals surface area contributed by atoms with E-state index in [9.17, 15) is 14.4 Å². The van der Waals surface area contributed by atoms with Crippen LogP contribution in [0.5, 0.6) is 0 Å². The summed E-state index contributed by atoms with van der Waals surface area (Å²) in [6.07, 6.45) is 0.496. The number of esters is 2. The van der Waals surface area contributed by atoms with Gasteiger partial charge in [-0.1, -0.05) is 35.0 Å². The van der Waals surface area contributed by atoms with Crippen LogP contribution in [0.2, 0.25) is 0 Å². The monoisotopic (exact) mass is 410 g/mol. The summed E-state index contributed by atoms with van der Waals surface area (Å²) in [5.41, 5.74) is -0.368. The van der Waals surface area contributed by atoms with Crippen molar-refractivity contribution in [3.8, 4) is 0 Å². The molecule has 1 aliphatic rings. The standard InChI is InChI=1S/C19H23BrO5/c1-5-13(16(21)11-7-9-12(20)10-8-11)15-14(17(22)24-6-2)18(23)25-19(15,3)4/h7-10,13-15H,5-6H2,1-4H3/t13-,14-,15+/m1/s1. The average Bonchev–Trinajstić information content (AvgIpc) is 2.78. The summed E-state index contributed by atoms with van der Waals surface area (Å²) >= 11 is 3.35. The highest BCUT2D eigenvalue weighted by Crippen LogP contribution is 2.44. The third kappa shape index (κ3) is 3.94. The maximum Gasteiger partial charge on any atom is 0.321 e. The van der Waals surface area contributed by atoms with E-state index in [1.54, 1.807) is 45.0 Å². The van der Waals surface area contributed by atoms with Crippen molar-refractivity contribution in [2.24, 2.45) is 17.8 Å². The molecule has 3 atom stereocenters. The van der Waals surface area contributed by atoms with E-state index in [2.05, 4.69) is 15.9 Å². The highest BCUT2D eigenvalue weighted by atomic mass is 79.9. The van der Waals surface area contributed by atoms with Gasteiger partial charge < -0.3 is 9.47 Å². The van der Waals surface area contributed by atoms with Crippen LogP contribution in [-0.2, 0) is 19.1 Å². The molecule has 5 nitrogen and oxygen atoms in total. The van der Waals surface area contributed by atoms with E-state index in [0.29, 0.717) is 12.0 Å². The number of hydrogen-bond acceptors (Lipinski definition) is 5. The van der Waals surface area contributed by atoms with Gasteiger partial charge in [-0.2, -0.15) is 0 Å². The molecule has 6 heteroatoms. The second-order valence-corrected chi connectivity index (χ2v) is 7.58. The van der Waals surface area contributed by atoms with Crippen molar-refractivity contribution < 1.29 is 23.9 Å². The Morgan fingerprint density at radius 1 is 1.24 bits per heavy atom. The number of ketones is 1. The van der Waals surface area contributed by atoms with Gasteiger partial charge in [0.2, 0.25) is 0 Å². The molecule has 1 heterocycles. The Balaban J connectivity index is 2.40. The molecular weight excluding hydrogens is 388 g/mol. The van der Waals surface area contributed by atoms with Crippen molar-refractivity contribution in [2.45, 2.75) is 39.7 Å². The van der Waals surface area contributed by atoms with Gasteiger partial charge in [-0.05, 0) is 39.3 Å². The van der Waals surface area contributed by atoms with Gasteiger partial charge in [-0.15, -0.1) is 0 Å². The minimum absolute atomic E-state index is 0.0966. The van der Waals surface area contributed by atoms with E-state index >= 15 is 0 Å². The van der Waals surface area contributed by atoms with Crippen LogP contribution in [0.4, 0.5) is 0 Å². The molecule has 0 unspecified atom stereocenters. The van der Waals surface area contributed by atoms with Gasteiger partial charge in [0, 0.05) is 21.9 Å². The minimum Gasteiger partial charge on any atom is -0.465 e. The lowest BCUT2D eigenvalue weighted by molar-refractivity contribution is -0.157. The lowest BCUT2D eigenvalue weighted by atomic mass is 9.70. The SMILES string of the molecule is CCOC(=O)[C@@H]1C(=O)OC(C)(C)[C@H]1[C@@H](CC)C(=O)c1ccc(Br)cc1. The first kappa shape index (κ1) is 19.6. The Labute approximate surface area is 156 Å². The van der Waals surface area contributed by atoms with Crippen LogP contribution in [0, 0.1) is 17.8 Å². The fourth-order valence-corrected chi connectivity index (χ4v) is 3.83. The number of rotatable bonds is 6. The Morgan fingerprint density at radius 3 is 2.36 bits per heavy atom. The molecule has 0 aromatic heterocycles. The van der Waals surface area contributed by atoms with Crippen molar-refractivity contribution in [3.63, 3.8) is 0 Å². The van der Waals surface area contributed by atoms with Crippen LogP contribution in [0.25, 0.3) is 0 Å². The maximum absolute atomic E-state index is 13.1. The predicted octanol–water partition coefficient (Wildman–Crippen LogP) is 3.79. The van der Waals surface area contributed by atoms with Crippen molar-refractivity contribution in [3.05, 3.63) is 34.3 Å². The molecular formula is C19H23BrO5. The van der Waals surface area contributed by atoms with E-state index in [1.165, 1.54) is 0 Å². The zero-order valence-electron chi connectivity index (χ0n) is 14.9. The van der Waals surface area contributed by atoms with Crippen molar-refractivity contribution in [1.29, 1.82) is 0 Å². The zero-order chi connectivity index (χ0) is 18.8. The smallest absolute Gasteiger partial charge is 0.321 e. The van der Waals surface area contributed by atoms with Crippen molar-refractivity contribution >= 4 is 33.7 Å². The number of halogens is 1. The number of ether oxygens (including phenoxy) is 2. The van der Waals surface area contributed by atoms with E-state index in [4.69, 9.17) is 9.47 Å². The van der Waals surface area contributed by atoms with Crippen LogP contribution in [0.3, 0.4) is 0 Å². The van der Waals surface area contributed by atoms with Gasteiger partial charge in [0.25, 0.3) is 0 Å². The summed E-state index contributed by atoms with van der Waals surface area (Å²) in [7, 11) is 0. The normalized spacial score (nSPS) is 23.0. The molecule has 0 bridgehead atoms. The number of Topliss-reactive ketones (excluding diaryl/α,β-unsaturated/α-hetero) is 1. The molecule has 0 N–H and O–H groups in total. The van der Waals surface area contributed by atoms with E-state index in [1.807, 2.05) is 6.92 Å². The fourth-order valence-electron chi connectivity index (χ4n) is 3.56. The second-order valence-electron chi connectivity index (χ2n) is 6.67. The predicted molar refractivity (Wildman–Crippen MR) is 96.0 cm³/mol. The summed E-state index contributed by atoms with van der Waals surface area (Å²) in [6, 6.07) is 7.06. The zero-order valence-corrected chi connectivity index (χ0v) is 16.5. The largest absolute Gasteiger partial charge is 0.465 e. The van der Waals surface area contributed by atoms with Crippen LogP contribution < -0.4 is 0 Å². The highest BCUT2D eigenvalue weighted by molar-refractivity contribution is 9.10. The lowest BCUT2D eigenvalue weighted by Crippen LogP contribution is -2.42. The summed E-state index contributed by atoms with van der Waals surface area (Å²) < 4.78 is 11.4. The first-order valence-corrected chi connectivity index (χ1v) is 9.21. The van der Waals surface area contributed by atoms with Crippen LogP contribution in [-0.4, -0.2) is 29.9 Å². The Morgan fingerprint density at radius 2 is 1.84 bits per heavy atom. The number of carbonyl (C=O) groups is 3. The van der Waals surface area contributed by atoms with Crippen LogP contribution in [0.15, 0.2) is 28.7 Å². The first-order chi connectivity index (χ1) is 11.7. The number of carbonyl (C=O) groups excluding carboxylic acids is 3. The average molecular weight is 411 g/mol. The van der Waals surface area contributed by atoms with Crippen molar-refractivity contribution in [2.75, 3.05) is 6.61 Å². The van der Waals surface area contributed by atoms with Gasteiger partial charge in [0.15, 0.2) is 11.7 Å². The molecule has 0 radical (unpaired) electrons. The number of hydrogen-bond donors (Lipinski definition) is 0. The van der Waals surface area contributed by atoms with Gasteiger partial charge in [-0.25, -0.2) is 0 Å². The van der Waals surface area contributed by atoms with Gasteiger partial charge in [-0.3, -0.25) is 14.4 Å². The summed E-state index contributed by atoms with van der Waals surface area (Å²) in [4.78, 5) is 37.7. The molecule has 2 rings (SSSR count). The van der Waals surface area contributed by atoms with E-state index < -0.39 is 35.3 Å². The highest BCUT2D eigenvalue weighted by Gasteiger charge is 2.58. The fraction of sp³-hybridized carbons (Fsp3) is 0.526. The van der Waals surface area contributed by atoms with Crippen LogP contribution >= 0.6 is 15.9 Å². The first-order valence-electron chi connectivity index (χ1n) is 8.42. The molecule has 1 aliphatic heterocycles. The van der Waals surface area contributed by atoms with Gasteiger partial charge >= 0.3 is 11.9 Å². The lowest BCUT2D eigenvalue weighted by Gasteiger charge is -2.32. The molecule has 1 saturated heterocycles. The minimum atomic E-state index is -1.07. The summed E-state index contributed by atoms with van der Waals surface area (Å²) in [5.74, 6) is -3.49. The number of benzene rings is 1. The third-order valence-corrected chi connectivity index (χ3v) is 5.19. The molecule has 0 aliphatic carbocycles. The Bertz CT molecular complexity index is 665. The third-order valence-electron chi connectivity index (χ3n) is 4.66. The van der Waals surface area contributed by atoms with E-state index in [-0.39, 0.29) is 12.4 Å². The molecule has 1 fully saturated rings. The number of cyclic esters (lactones) is 1. The van der Waals surface area contributed by atoms with Crippen molar-refractivity contribution in [1.82, 2.24) is 0 Å². The van der Waals surface area contributed by atoms with Gasteiger partial charge in [0.1, 0.15) is 5.60 Å². The second kappa shape index (κ2) is 7.68. The molecule has 1 aromatic carbocycles. The summed E-state index contributed by atoms with van der Waals surface area (Å²) in [6.45, 7) is 7.22. The molecule has 0 spiro atoms. The Hall–Kier alpha value is -1.69. The molecule has 0 amide bonds. The molecule has 1 aromatic rings. The Kier molecular flexibility index (Phi) is 6.03. The van der Waals surface area contributed by atoms with E-state index in [0.717, 1.165) is 4.47 Å². The molecule has 25 heavy (non-hydrogen) atoms. The topological polar surface area (TPSA) is 69.7 Å². The maximum atomic E-state index is 13.1. The van der Waals surface area contributed by atoms with Crippen LogP contribution in [0.1, 0.15) is 44.5 Å². The molecule has 136 valence electrons. The quantitative estimate of drug-likeness (QED) is 0.405. The summed E-state index contributed by atoms with van der Waals surface area (Å²) in [5, 5.41) is 0.